The summed E-state index contributed by atoms with van der Waals surface area (Å²) in [5.41, 5.74) is 3.56. The van der Waals surface area contributed by atoms with Gasteiger partial charge in [-0.2, -0.15) is 0 Å². The van der Waals surface area contributed by atoms with Gasteiger partial charge in [0.25, 0.3) is 0 Å². The molecule has 194 valence electrons. The lowest BCUT2D eigenvalue weighted by Gasteiger charge is -2.31. The van der Waals surface area contributed by atoms with E-state index >= 15 is 0 Å². The number of rotatable bonds is 4. The van der Waals surface area contributed by atoms with Crippen molar-refractivity contribution in [3.63, 3.8) is 0 Å². The summed E-state index contributed by atoms with van der Waals surface area (Å²) in [6.07, 6.45) is -4.82. The smallest absolute Gasteiger partial charge is 0.508 e. The maximum atomic E-state index is 14.0. The number of benzene rings is 4. The van der Waals surface area contributed by atoms with E-state index in [4.69, 9.17) is 0 Å². The number of aromatic hydroxyl groups is 2. The summed E-state index contributed by atoms with van der Waals surface area (Å²) in [7, 11) is 0. The van der Waals surface area contributed by atoms with E-state index in [0.29, 0.717) is 44.6 Å². The molecule has 0 saturated heterocycles. The number of fused-ring (bicyclic) bond motifs is 1. The van der Waals surface area contributed by atoms with Crippen molar-refractivity contribution < 1.29 is 32.9 Å². The van der Waals surface area contributed by atoms with E-state index in [-0.39, 0.29) is 17.2 Å². The first kappa shape index (κ1) is 25.2. The van der Waals surface area contributed by atoms with E-state index in [0.717, 1.165) is 5.56 Å². The molecule has 1 amide bonds. The Bertz CT molecular complexity index is 1570. The van der Waals surface area contributed by atoms with Gasteiger partial charge < -0.3 is 20.3 Å². The molecule has 1 aliphatic rings. The van der Waals surface area contributed by atoms with Crippen LogP contribution in [0.25, 0.3) is 11.1 Å². The number of ether oxygens (including phenoxy) is 1. The summed E-state index contributed by atoms with van der Waals surface area (Å²) < 4.78 is 42.3. The monoisotopic (exact) mass is 519 g/mol. The minimum absolute atomic E-state index is 0.0666. The van der Waals surface area contributed by atoms with Crippen LogP contribution in [0.2, 0.25) is 0 Å². The second-order valence-electron chi connectivity index (χ2n) is 9.52. The van der Waals surface area contributed by atoms with Gasteiger partial charge in [-0.25, -0.2) is 0 Å². The second-order valence-corrected chi connectivity index (χ2v) is 9.52. The van der Waals surface area contributed by atoms with E-state index in [1.165, 1.54) is 18.2 Å². The number of carbonyl (C=O) groups excluding carboxylic acids is 1. The topological polar surface area (TPSA) is 78.8 Å². The van der Waals surface area contributed by atoms with Crippen LogP contribution >= 0.6 is 0 Å². The number of carbonyl (C=O) groups is 1. The normalized spacial score (nSPS) is 16.7. The highest BCUT2D eigenvalue weighted by atomic mass is 19.4. The summed E-state index contributed by atoms with van der Waals surface area (Å²) in [5.74, 6) is -0.701. The van der Waals surface area contributed by atoms with Crippen molar-refractivity contribution in [2.24, 2.45) is 0 Å². The van der Waals surface area contributed by atoms with Crippen molar-refractivity contribution in [2.75, 3.05) is 5.32 Å². The van der Waals surface area contributed by atoms with Crippen molar-refractivity contribution in [3.8, 4) is 28.4 Å². The summed E-state index contributed by atoms with van der Waals surface area (Å²) >= 11 is 0. The number of phenols is 2. The molecule has 38 heavy (non-hydrogen) atoms. The average molecular weight is 520 g/mol. The molecular weight excluding hydrogens is 495 g/mol. The predicted octanol–water partition coefficient (Wildman–Crippen LogP) is 6.88. The predicted molar refractivity (Wildman–Crippen MR) is 137 cm³/mol. The SMILES string of the molecule is Cc1ccc(O)c(C2(c3cc(C)c(O)c(C)c3)C(=O)Nc3cc(-c4cccc(OC(F)(F)F)c4)ccc32)c1. The largest absolute Gasteiger partial charge is 0.573 e. The van der Waals surface area contributed by atoms with Crippen LogP contribution in [0.1, 0.15) is 33.4 Å². The Morgan fingerprint density at radius 1 is 0.816 bits per heavy atom. The van der Waals surface area contributed by atoms with Crippen molar-refractivity contribution in [2.45, 2.75) is 32.5 Å². The Balaban J connectivity index is 1.73. The van der Waals surface area contributed by atoms with E-state index in [1.54, 1.807) is 68.4 Å². The number of hydrogen-bond donors (Lipinski definition) is 3. The number of amides is 1. The van der Waals surface area contributed by atoms with Gasteiger partial charge in [0.1, 0.15) is 22.7 Å². The van der Waals surface area contributed by atoms with Crippen molar-refractivity contribution >= 4 is 11.6 Å². The Morgan fingerprint density at radius 3 is 2.18 bits per heavy atom. The van der Waals surface area contributed by atoms with Gasteiger partial charge in [-0.3, -0.25) is 4.79 Å². The van der Waals surface area contributed by atoms with Crippen LogP contribution in [0.15, 0.2) is 72.8 Å². The first-order valence-electron chi connectivity index (χ1n) is 11.8. The van der Waals surface area contributed by atoms with Crippen molar-refractivity contribution in [1.29, 1.82) is 0 Å². The van der Waals surface area contributed by atoms with Crippen LogP contribution in [0.3, 0.4) is 0 Å². The standard InChI is InChI=1S/C30H24F3NO4/c1-16-7-10-26(35)24(11-16)29(21-12-17(2)27(36)18(3)13-21)23-9-8-20(15-25(23)34-28(29)37)19-5-4-6-22(14-19)38-30(31,32)33/h4-15,35-36H,1-3H3,(H,34,37). The number of phenolic OH excluding ortho intramolecular Hbond substituents is 2. The van der Waals surface area contributed by atoms with Crippen LogP contribution in [0.4, 0.5) is 18.9 Å². The van der Waals surface area contributed by atoms with Gasteiger partial charge in [-0.15, -0.1) is 13.2 Å². The quantitative estimate of drug-likeness (QED) is 0.275. The molecule has 1 atom stereocenters. The van der Waals surface area contributed by atoms with Gasteiger partial charge in [0.15, 0.2) is 0 Å². The summed E-state index contributed by atoms with van der Waals surface area (Å²) in [6, 6.07) is 19.2. The molecule has 5 rings (SSSR count). The van der Waals surface area contributed by atoms with Crippen molar-refractivity contribution in [3.05, 3.63) is 106 Å². The molecule has 8 heteroatoms. The molecule has 0 aliphatic carbocycles. The molecule has 1 heterocycles. The number of alkyl halides is 3. The molecule has 0 saturated carbocycles. The van der Waals surface area contributed by atoms with Gasteiger partial charge in [0.2, 0.25) is 5.91 Å². The molecule has 1 unspecified atom stereocenters. The first-order chi connectivity index (χ1) is 17.9. The van der Waals surface area contributed by atoms with Crippen LogP contribution in [-0.4, -0.2) is 22.5 Å². The third-order valence-electron chi connectivity index (χ3n) is 6.89. The third kappa shape index (κ3) is 4.12. The fraction of sp³-hybridized carbons (Fsp3) is 0.167. The third-order valence-corrected chi connectivity index (χ3v) is 6.89. The van der Waals surface area contributed by atoms with E-state index in [9.17, 15) is 28.2 Å². The summed E-state index contributed by atoms with van der Waals surface area (Å²) in [5, 5.41) is 24.3. The second kappa shape index (κ2) is 8.83. The fourth-order valence-corrected chi connectivity index (χ4v) is 5.20. The van der Waals surface area contributed by atoms with Crippen LogP contribution < -0.4 is 10.1 Å². The van der Waals surface area contributed by atoms with Gasteiger partial charge >= 0.3 is 6.36 Å². The lowest BCUT2D eigenvalue weighted by molar-refractivity contribution is -0.274. The highest BCUT2D eigenvalue weighted by Crippen LogP contribution is 2.52. The Labute approximate surface area is 217 Å². The number of hydrogen-bond acceptors (Lipinski definition) is 4. The fourth-order valence-electron chi connectivity index (χ4n) is 5.20. The van der Waals surface area contributed by atoms with Crippen molar-refractivity contribution in [1.82, 2.24) is 0 Å². The zero-order chi connectivity index (χ0) is 27.4. The molecule has 0 aromatic heterocycles. The van der Waals surface area contributed by atoms with E-state index < -0.39 is 17.7 Å². The molecule has 3 N–H and O–H groups in total. The molecule has 0 bridgehead atoms. The number of halogens is 3. The Morgan fingerprint density at radius 2 is 1.50 bits per heavy atom. The molecule has 5 nitrogen and oxygen atoms in total. The van der Waals surface area contributed by atoms with Crippen LogP contribution in [-0.2, 0) is 10.2 Å². The number of anilines is 1. The molecule has 0 fully saturated rings. The summed E-state index contributed by atoms with van der Waals surface area (Å²) in [4.78, 5) is 14.0. The lowest BCUT2D eigenvalue weighted by atomic mass is 9.68. The highest BCUT2D eigenvalue weighted by molar-refractivity contribution is 6.12. The molecule has 1 aliphatic heterocycles. The maximum Gasteiger partial charge on any atom is 0.573 e. The van der Waals surface area contributed by atoms with Gasteiger partial charge in [-0.1, -0.05) is 54.1 Å². The molecule has 4 aromatic carbocycles. The zero-order valence-electron chi connectivity index (χ0n) is 20.8. The zero-order valence-corrected chi connectivity index (χ0v) is 20.8. The average Bonchev–Trinajstić information content (AvgIpc) is 3.14. The summed E-state index contributed by atoms with van der Waals surface area (Å²) in [6.45, 7) is 5.34. The Kier molecular flexibility index (Phi) is 5.86. The van der Waals surface area contributed by atoms with Crippen LogP contribution in [0, 0.1) is 20.8 Å². The Hall–Kier alpha value is -4.46. The molecule has 4 aromatic rings. The van der Waals surface area contributed by atoms with Gasteiger partial charge in [0.05, 0.1) is 0 Å². The van der Waals surface area contributed by atoms with Crippen LogP contribution in [0.5, 0.6) is 17.2 Å². The molecule has 0 spiro atoms. The lowest BCUT2D eigenvalue weighted by Crippen LogP contribution is -2.37. The van der Waals surface area contributed by atoms with Gasteiger partial charge in [-0.05, 0) is 72.9 Å². The first-order valence-corrected chi connectivity index (χ1v) is 11.8. The highest BCUT2D eigenvalue weighted by Gasteiger charge is 2.51. The minimum atomic E-state index is -4.82. The van der Waals surface area contributed by atoms with E-state index in [1.807, 2.05) is 6.92 Å². The number of aryl methyl sites for hydroxylation is 3. The molecule has 0 radical (unpaired) electrons. The van der Waals surface area contributed by atoms with Gasteiger partial charge in [0, 0.05) is 16.8 Å². The van der Waals surface area contributed by atoms with E-state index in [2.05, 4.69) is 10.1 Å². The molecular formula is C30H24F3NO4. The number of nitrogens with one attached hydrogen (secondary N) is 1. The maximum absolute atomic E-state index is 14.0. The minimum Gasteiger partial charge on any atom is -0.508 e.